The summed E-state index contributed by atoms with van der Waals surface area (Å²) in [7, 11) is 0. The topological polar surface area (TPSA) is 64.7 Å². The van der Waals surface area contributed by atoms with Crippen LogP contribution < -0.4 is 0 Å². The van der Waals surface area contributed by atoms with Crippen LogP contribution in [0.15, 0.2) is 51.6 Å². The molecule has 0 N–H and O–H groups in total. The van der Waals surface area contributed by atoms with Gasteiger partial charge in [-0.3, -0.25) is 0 Å². The standard InChI is InChI=1S/C15H9ClN4OS2/c16-10-3-1-9(2-4-10)13-19-12(21-20-13)7-23-15-11-5-6-22-14(11)17-8-18-15/h1-6,8H,7H2. The van der Waals surface area contributed by atoms with Crippen molar-refractivity contribution in [1.29, 1.82) is 0 Å². The molecule has 0 bridgehead atoms. The minimum Gasteiger partial charge on any atom is -0.338 e. The van der Waals surface area contributed by atoms with E-state index in [-0.39, 0.29) is 0 Å². The van der Waals surface area contributed by atoms with Crippen LogP contribution in [0.25, 0.3) is 21.6 Å². The van der Waals surface area contributed by atoms with Gasteiger partial charge in [0.05, 0.1) is 5.75 Å². The third-order valence-corrected chi connectivity index (χ3v) is 5.19. The summed E-state index contributed by atoms with van der Waals surface area (Å²) in [5.74, 6) is 1.67. The molecule has 0 atom stereocenters. The molecule has 0 saturated carbocycles. The van der Waals surface area contributed by atoms with E-state index in [4.69, 9.17) is 16.1 Å². The van der Waals surface area contributed by atoms with E-state index in [2.05, 4.69) is 20.1 Å². The van der Waals surface area contributed by atoms with Gasteiger partial charge < -0.3 is 4.52 Å². The molecule has 0 spiro atoms. The first-order valence-electron chi connectivity index (χ1n) is 6.69. The molecule has 0 saturated heterocycles. The Kier molecular flexibility index (Phi) is 3.99. The number of halogens is 1. The first-order valence-corrected chi connectivity index (χ1v) is 8.93. The lowest BCUT2D eigenvalue weighted by Gasteiger charge is -1.98. The largest absolute Gasteiger partial charge is 0.338 e. The fraction of sp³-hybridized carbons (Fsp3) is 0.0667. The van der Waals surface area contributed by atoms with Crippen molar-refractivity contribution in [2.24, 2.45) is 0 Å². The summed E-state index contributed by atoms with van der Waals surface area (Å²) < 4.78 is 5.31. The van der Waals surface area contributed by atoms with E-state index >= 15 is 0 Å². The summed E-state index contributed by atoms with van der Waals surface area (Å²) in [5.41, 5.74) is 0.872. The fourth-order valence-electron chi connectivity index (χ4n) is 2.04. The van der Waals surface area contributed by atoms with Gasteiger partial charge in [0.2, 0.25) is 11.7 Å². The van der Waals surface area contributed by atoms with Crippen LogP contribution in [0.2, 0.25) is 5.02 Å². The molecule has 1 aromatic carbocycles. The van der Waals surface area contributed by atoms with Gasteiger partial charge in [0.1, 0.15) is 16.2 Å². The van der Waals surface area contributed by atoms with Crippen LogP contribution >= 0.6 is 34.7 Å². The highest BCUT2D eigenvalue weighted by atomic mass is 35.5. The van der Waals surface area contributed by atoms with Crippen molar-refractivity contribution in [2.45, 2.75) is 10.8 Å². The molecular weight excluding hydrogens is 352 g/mol. The zero-order valence-electron chi connectivity index (χ0n) is 11.6. The first-order chi connectivity index (χ1) is 11.3. The third-order valence-electron chi connectivity index (χ3n) is 3.13. The minimum atomic E-state index is 0.556. The molecule has 23 heavy (non-hydrogen) atoms. The number of hydrogen-bond donors (Lipinski definition) is 0. The number of hydrogen-bond acceptors (Lipinski definition) is 7. The molecule has 0 aliphatic carbocycles. The maximum absolute atomic E-state index is 5.88. The first kappa shape index (κ1) is 14.6. The Morgan fingerprint density at radius 3 is 2.87 bits per heavy atom. The normalized spacial score (nSPS) is 11.2. The molecule has 0 radical (unpaired) electrons. The molecule has 0 amide bonds. The number of thioether (sulfide) groups is 1. The zero-order chi connectivity index (χ0) is 15.6. The van der Waals surface area contributed by atoms with Gasteiger partial charge in [-0.25, -0.2) is 9.97 Å². The molecule has 114 valence electrons. The van der Waals surface area contributed by atoms with Gasteiger partial charge in [0, 0.05) is 16.0 Å². The van der Waals surface area contributed by atoms with Crippen LogP contribution in [0.4, 0.5) is 0 Å². The lowest BCUT2D eigenvalue weighted by atomic mass is 10.2. The number of aromatic nitrogens is 4. The monoisotopic (exact) mass is 360 g/mol. The van der Waals surface area contributed by atoms with Gasteiger partial charge in [-0.05, 0) is 35.7 Å². The number of nitrogens with zero attached hydrogens (tertiary/aromatic N) is 4. The highest BCUT2D eigenvalue weighted by Gasteiger charge is 2.11. The van der Waals surface area contributed by atoms with Crippen LogP contribution in [0.5, 0.6) is 0 Å². The van der Waals surface area contributed by atoms with Crippen molar-refractivity contribution >= 4 is 44.9 Å². The second kappa shape index (κ2) is 6.27. The smallest absolute Gasteiger partial charge is 0.237 e. The van der Waals surface area contributed by atoms with Crippen LogP contribution in [0.1, 0.15) is 5.89 Å². The van der Waals surface area contributed by atoms with Crippen LogP contribution in [-0.4, -0.2) is 20.1 Å². The Morgan fingerprint density at radius 1 is 1.13 bits per heavy atom. The molecule has 4 aromatic rings. The van der Waals surface area contributed by atoms with Gasteiger partial charge in [0.25, 0.3) is 0 Å². The summed E-state index contributed by atoms with van der Waals surface area (Å²) in [6.45, 7) is 0. The van der Waals surface area contributed by atoms with E-state index in [0.717, 1.165) is 20.8 Å². The number of rotatable bonds is 4. The van der Waals surface area contributed by atoms with E-state index in [0.29, 0.717) is 22.5 Å². The summed E-state index contributed by atoms with van der Waals surface area (Å²) in [4.78, 5) is 14.0. The molecule has 8 heteroatoms. The van der Waals surface area contributed by atoms with Gasteiger partial charge in [-0.15, -0.1) is 11.3 Å². The van der Waals surface area contributed by atoms with Crippen molar-refractivity contribution < 1.29 is 4.52 Å². The van der Waals surface area contributed by atoms with Crippen LogP contribution in [0.3, 0.4) is 0 Å². The Bertz CT molecular complexity index is 951. The Morgan fingerprint density at radius 2 is 2.00 bits per heavy atom. The summed E-state index contributed by atoms with van der Waals surface area (Å²) in [6.07, 6.45) is 1.58. The molecule has 4 rings (SSSR count). The van der Waals surface area contributed by atoms with Gasteiger partial charge in [0.15, 0.2) is 0 Å². The quantitative estimate of drug-likeness (QED) is 0.388. The van der Waals surface area contributed by atoms with Gasteiger partial charge in [-0.2, -0.15) is 4.98 Å². The van der Waals surface area contributed by atoms with E-state index < -0.39 is 0 Å². The summed E-state index contributed by atoms with van der Waals surface area (Å²) in [5, 5.41) is 8.67. The van der Waals surface area contributed by atoms with E-state index in [1.165, 1.54) is 0 Å². The Balaban J connectivity index is 1.52. The predicted octanol–water partition coefficient (Wildman–Crippen LogP) is 4.69. The average molecular weight is 361 g/mol. The van der Waals surface area contributed by atoms with Gasteiger partial charge >= 0.3 is 0 Å². The fourth-order valence-corrected chi connectivity index (χ4v) is 3.78. The highest BCUT2D eigenvalue weighted by molar-refractivity contribution is 7.98. The maximum atomic E-state index is 5.88. The lowest BCUT2D eigenvalue weighted by Crippen LogP contribution is -1.86. The lowest BCUT2D eigenvalue weighted by molar-refractivity contribution is 0.391. The number of fused-ring (bicyclic) bond motifs is 1. The van der Waals surface area contributed by atoms with Crippen molar-refractivity contribution in [3.63, 3.8) is 0 Å². The molecule has 3 heterocycles. The van der Waals surface area contributed by atoms with Crippen LogP contribution in [-0.2, 0) is 5.75 Å². The Hall–Kier alpha value is -1.96. The highest BCUT2D eigenvalue weighted by Crippen LogP contribution is 2.30. The molecule has 0 aliphatic heterocycles. The number of benzene rings is 1. The molecule has 0 fully saturated rings. The number of thiophene rings is 1. The zero-order valence-corrected chi connectivity index (χ0v) is 14.0. The molecule has 0 unspecified atom stereocenters. The van der Waals surface area contributed by atoms with E-state index in [1.54, 1.807) is 41.6 Å². The second-order valence-corrected chi connectivity index (χ2v) is 6.92. The predicted molar refractivity (Wildman–Crippen MR) is 91.7 cm³/mol. The minimum absolute atomic E-state index is 0.556. The van der Waals surface area contributed by atoms with Gasteiger partial charge in [-0.1, -0.05) is 28.5 Å². The third kappa shape index (κ3) is 3.08. The Labute approximate surface area is 144 Å². The van der Waals surface area contributed by atoms with Crippen molar-refractivity contribution in [2.75, 3.05) is 0 Å². The maximum Gasteiger partial charge on any atom is 0.237 e. The second-order valence-electron chi connectivity index (χ2n) is 4.63. The van der Waals surface area contributed by atoms with Crippen molar-refractivity contribution in [1.82, 2.24) is 20.1 Å². The molecule has 5 nitrogen and oxygen atoms in total. The van der Waals surface area contributed by atoms with Crippen molar-refractivity contribution in [3.05, 3.63) is 53.0 Å². The molecular formula is C15H9ClN4OS2. The molecule has 3 aromatic heterocycles. The van der Waals surface area contributed by atoms with E-state index in [1.807, 2.05) is 23.6 Å². The summed E-state index contributed by atoms with van der Waals surface area (Å²) in [6, 6.07) is 9.36. The average Bonchev–Trinajstić information content (AvgIpc) is 3.23. The summed E-state index contributed by atoms with van der Waals surface area (Å²) >= 11 is 9.04. The molecule has 0 aliphatic rings. The van der Waals surface area contributed by atoms with E-state index in [9.17, 15) is 0 Å². The van der Waals surface area contributed by atoms with Crippen LogP contribution in [0, 0.1) is 0 Å². The SMILES string of the molecule is Clc1ccc(-c2noc(CSc3ncnc4sccc34)n2)cc1. The van der Waals surface area contributed by atoms with Crippen molar-refractivity contribution in [3.8, 4) is 11.4 Å².